The van der Waals surface area contributed by atoms with E-state index in [1.165, 1.54) is 6.08 Å². The monoisotopic (exact) mass is 654 g/mol. The second-order valence-electron chi connectivity index (χ2n) is 12.8. The van der Waals surface area contributed by atoms with Crippen LogP contribution in [0, 0.1) is 5.92 Å². The second kappa shape index (κ2) is 13.6. The molecule has 2 aliphatic heterocycles. The number of allylic oxidation sites excluding steroid dienone is 6. The highest BCUT2D eigenvalue weighted by Gasteiger charge is 2.45. The Labute approximate surface area is 278 Å². The molecule has 0 bridgehead atoms. The van der Waals surface area contributed by atoms with Gasteiger partial charge >= 0.3 is 0 Å². The Morgan fingerprint density at radius 1 is 1.08 bits per heavy atom. The van der Waals surface area contributed by atoms with E-state index >= 15 is 4.39 Å². The van der Waals surface area contributed by atoms with Crippen LogP contribution in [-0.2, 0) is 16.1 Å². The molecule has 4 N–H and O–H groups in total. The van der Waals surface area contributed by atoms with Gasteiger partial charge in [0.2, 0.25) is 17.8 Å². The van der Waals surface area contributed by atoms with Crippen LogP contribution in [-0.4, -0.2) is 69.4 Å². The van der Waals surface area contributed by atoms with Crippen LogP contribution in [0.15, 0.2) is 64.7 Å². The lowest BCUT2D eigenvalue weighted by atomic mass is 9.89. The lowest BCUT2D eigenvalue weighted by Crippen LogP contribution is -2.54. The van der Waals surface area contributed by atoms with Crippen molar-refractivity contribution in [2.75, 3.05) is 12.4 Å². The Hall–Kier alpha value is -5.04. The fraction of sp³-hybridized carbons (Fsp3) is 0.400. The summed E-state index contributed by atoms with van der Waals surface area (Å²) in [6, 6.07) is 6.12. The Kier molecular flexibility index (Phi) is 9.31. The van der Waals surface area contributed by atoms with Crippen molar-refractivity contribution < 1.29 is 23.6 Å². The normalized spacial score (nSPS) is 24.5. The summed E-state index contributed by atoms with van der Waals surface area (Å²) in [6.45, 7) is 6.47. The van der Waals surface area contributed by atoms with Crippen LogP contribution in [0.2, 0.25) is 0 Å². The molecule has 1 saturated heterocycles. The molecule has 2 aliphatic carbocycles. The molecule has 2 aromatic rings. The number of nitrogens with zero attached hydrogens (tertiary/aromatic N) is 4. The van der Waals surface area contributed by atoms with Crippen LogP contribution in [0.4, 0.5) is 10.3 Å². The van der Waals surface area contributed by atoms with E-state index < -0.39 is 35.5 Å². The first-order chi connectivity index (χ1) is 23.0. The molecule has 3 atom stereocenters. The lowest BCUT2D eigenvalue weighted by molar-refractivity contribution is -0.136. The quantitative estimate of drug-likeness (QED) is 0.233. The number of benzene rings is 1. The molecule has 48 heavy (non-hydrogen) atoms. The van der Waals surface area contributed by atoms with Crippen LogP contribution < -0.4 is 21.4 Å². The largest absolute Gasteiger partial charge is 0.351 e. The topological polar surface area (TPSA) is 158 Å². The minimum Gasteiger partial charge on any atom is -0.351 e. The molecule has 1 aromatic heterocycles. The summed E-state index contributed by atoms with van der Waals surface area (Å²) >= 11 is 0. The maximum absolute atomic E-state index is 15.2. The Bertz CT molecular complexity index is 1810. The predicted octanol–water partition coefficient (Wildman–Crippen LogP) is 3.80. The maximum atomic E-state index is 15.2. The number of fused-ring (bicyclic) bond motifs is 1. The average Bonchev–Trinajstić information content (AvgIpc) is 3.61. The van der Waals surface area contributed by atoms with Crippen molar-refractivity contribution >= 4 is 40.9 Å². The van der Waals surface area contributed by atoms with E-state index in [-0.39, 0.29) is 42.1 Å². The number of hydrogen-bond donors (Lipinski definition) is 4. The highest BCUT2D eigenvalue weighted by atomic mass is 19.1. The number of imide groups is 2. The van der Waals surface area contributed by atoms with Gasteiger partial charge in [-0.15, -0.1) is 0 Å². The van der Waals surface area contributed by atoms with Gasteiger partial charge in [0.1, 0.15) is 11.8 Å². The Balaban J connectivity index is 1.10. The highest BCUT2D eigenvalue weighted by Crippen LogP contribution is 2.32. The zero-order valence-corrected chi connectivity index (χ0v) is 27.4. The third-order valence-corrected chi connectivity index (χ3v) is 9.43. The van der Waals surface area contributed by atoms with Crippen molar-refractivity contribution in [1.29, 1.82) is 0 Å². The molecular formula is C35H39FN8O4. The molecule has 2 unspecified atom stereocenters. The number of anilines is 1. The first kappa shape index (κ1) is 32.9. The van der Waals surface area contributed by atoms with Crippen LogP contribution in [0.25, 0.3) is 5.57 Å². The molecular weight excluding hydrogens is 615 g/mol. The van der Waals surface area contributed by atoms with Gasteiger partial charge in [-0.3, -0.25) is 29.4 Å². The third kappa shape index (κ3) is 6.42. The number of rotatable bonds is 9. The van der Waals surface area contributed by atoms with Gasteiger partial charge in [0.25, 0.3) is 11.8 Å². The fourth-order valence-electron chi connectivity index (χ4n) is 6.64. The van der Waals surface area contributed by atoms with Crippen molar-refractivity contribution in [3.05, 3.63) is 82.0 Å². The average molecular weight is 655 g/mol. The smallest absolute Gasteiger partial charge is 0.262 e. The molecule has 1 saturated carbocycles. The molecule has 13 heteroatoms. The Morgan fingerprint density at radius 2 is 1.88 bits per heavy atom. The number of carbonyl (C=O) groups excluding carboxylic acids is 4. The molecule has 4 aliphatic rings. The number of amides is 4. The molecule has 250 valence electrons. The van der Waals surface area contributed by atoms with Crippen LogP contribution >= 0.6 is 0 Å². The van der Waals surface area contributed by atoms with Gasteiger partial charge in [0.15, 0.2) is 5.83 Å². The number of halogens is 1. The van der Waals surface area contributed by atoms with Gasteiger partial charge in [0.05, 0.1) is 16.8 Å². The van der Waals surface area contributed by atoms with E-state index in [9.17, 15) is 19.2 Å². The number of carbonyl (C=O) groups is 4. The predicted molar refractivity (Wildman–Crippen MR) is 178 cm³/mol. The molecule has 3 heterocycles. The molecule has 6 rings (SSSR count). The highest BCUT2D eigenvalue weighted by molar-refractivity contribution is 6.24. The number of hydrogen-bond acceptors (Lipinski definition) is 10. The van der Waals surface area contributed by atoms with E-state index in [4.69, 9.17) is 4.98 Å². The van der Waals surface area contributed by atoms with Gasteiger partial charge in [-0.05, 0) is 68.4 Å². The van der Waals surface area contributed by atoms with E-state index in [2.05, 4.69) is 45.3 Å². The molecule has 12 nitrogen and oxygen atoms in total. The standard InChI is InChI=1S/C35H39FN8O4/c1-18(2)19(3)25-14-21(15-26(36)31(25)43-37-4)27-12-13-38-35(41-27)40-23-9-8-22(16-23)39-17-20-6-5-7-24-30(20)34(48)44(33(24)47)28-10-11-29(45)42-32(28)46/h5-7,12-15,18,22-23,28,37,39H,8-11,16-17H2,1-4H3,(H,38,40,41)(H,42,45,46)/b25-19+,43-31+/t22?,23-,28?/m0/s1. The number of piperidine rings is 1. The minimum atomic E-state index is -1.00. The third-order valence-electron chi connectivity index (χ3n) is 9.43. The molecule has 4 amide bonds. The summed E-state index contributed by atoms with van der Waals surface area (Å²) in [5, 5.41) is 13.4. The van der Waals surface area contributed by atoms with E-state index in [1.807, 2.05) is 19.1 Å². The summed E-state index contributed by atoms with van der Waals surface area (Å²) in [6.07, 6.45) is 7.71. The number of hydrazone groups is 1. The minimum absolute atomic E-state index is 0.0707. The van der Waals surface area contributed by atoms with Gasteiger partial charge in [-0.2, -0.15) is 5.10 Å². The van der Waals surface area contributed by atoms with Crippen LogP contribution in [0.1, 0.15) is 84.8 Å². The van der Waals surface area contributed by atoms with Crippen molar-refractivity contribution in [1.82, 2.24) is 30.9 Å². The SMILES string of the molecule is CN/N=C1/C(F)=CC(c2ccnc(N[C@H]3CCC(NCc4cccc5c4C(=O)N(C4CCC(=O)NC4=O)C5=O)C3)n2)=C/C1=C(/C)C(C)C. The first-order valence-electron chi connectivity index (χ1n) is 16.3. The van der Waals surface area contributed by atoms with E-state index in [0.29, 0.717) is 34.9 Å². The zero-order valence-electron chi connectivity index (χ0n) is 27.4. The van der Waals surface area contributed by atoms with Crippen molar-refractivity contribution in [2.24, 2.45) is 11.0 Å². The summed E-state index contributed by atoms with van der Waals surface area (Å²) in [4.78, 5) is 60.8. The zero-order chi connectivity index (χ0) is 34.1. The Morgan fingerprint density at radius 3 is 2.62 bits per heavy atom. The van der Waals surface area contributed by atoms with Gasteiger partial charge < -0.3 is 16.1 Å². The summed E-state index contributed by atoms with van der Waals surface area (Å²) in [7, 11) is 1.64. The molecule has 0 radical (unpaired) electrons. The number of nitrogens with one attached hydrogen (secondary N) is 4. The number of aromatic nitrogens is 2. The van der Waals surface area contributed by atoms with Gasteiger partial charge in [0, 0.05) is 49.4 Å². The first-order valence-corrected chi connectivity index (χ1v) is 16.3. The second-order valence-corrected chi connectivity index (χ2v) is 12.8. The maximum Gasteiger partial charge on any atom is 0.262 e. The van der Waals surface area contributed by atoms with Crippen LogP contribution in [0.5, 0.6) is 0 Å². The lowest BCUT2D eigenvalue weighted by Gasteiger charge is -2.27. The van der Waals surface area contributed by atoms with Crippen molar-refractivity contribution in [3.63, 3.8) is 0 Å². The van der Waals surface area contributed by atoms with Gasteiger partial charge in [-0.1, -0.05) is 31.6 Å². The van der Waals surface area contributed by atoms with Crippen LogP contribution in [0.3, 0.4) is 0 Å². The van der Waals surface area contributed by atoms with E-state index in [1.54, 1.807) is 31.4 Å². The van der Waals surface area contributed by atoms with Crippen molar-refractivity contribution in [2.45, 2.75) is 77.5 Å². The van der Waals surface area contributed by atoms with Crippen molar-refractivity contribution in [3.8, 4) is 0 Å². The van der Waals surface area contributed by atoms with Gasteiger partial charge in [-0.25, -0.2) is 14.4 Å². The summed E-state index contributed by atoms with van der Waals surface area (Å²) in [5.41, 5.74) is 7.18. The summed E-state index contributed by atoms with van der Waals surface area (Å²) < 4.78 is 15.2. The summed E-state index contributed by atoms with van der Waals surface area (Å²) in [5.74, 6) is -1.85. The molecule has 0 spiro atoms. The van der Waals surface area contributed by atoms with E-state index in [0.717, 1.165) is 35.3 Å². The molecule has 2 fully saturated rings. The fourth-order valence-corrected chi connectivity index (χ4v) is 6.64. The molecule has 1 aromatic carbocycles.